The van der Waals surface area contributed by atoms with Crippen molar-refractivity contribution in [3.8, 4) is 0 Å². The molecule has 1 heterocycles. The van der Waals surface area contributed by atoms with Crippen molar-refractivity contribution >= 4 is 0 Å². The molecule has 0 saturated heterocycles. The SMILES string of the molecule is CCCCCCCCCCCCCCCCCCCN1C=CN(CCCCCCCCCCCCCCCC)C1CCCCCCC. The lowest BCUT2D eigenvalue weighted by molar-refractivity contribution is 0.135. The van der Waals surface area contributed by atoms with E-state index in [1.807, 2.05) is 0 Å². The molecule has 0 aliphatic carbocycles. The van der Waals surface area contributed by atoms with E-state index < -0.39 is 0 Å². The molecule has 0 N–H and O–H groups in total. The van der Waals surface area contributed by atoms with Gasteiger partial charge in [0.05, 0.1) is 0 Å². The molecule has 0 radical (unpaired) electrons. The first-order valence-electron chi connectivity index (χ1n) is 22.5. The minimum atomic E-state index is 0.639. The first-order valence-corrected chi connectivity index (χ1v) is 22.5. The van der Waals surface area contributed by atoms with Crippen molar-refractivity contribution in [1.29, 1.82) is 0 Å². The van der Waals surface area contributed by atoms with E-state index in [9.17, 15) is 0 Å². The first kappa shape index (κ1) is 44.4. The monoisotopic (exact) mass is 659 g/mol. The van der Waals surface area contributed by atoms with Crippen LogP contribution in [0.15, 0.2) is 12.4 Å². The van der Waals surface area contributed by atoms with Gasteiger partial charge < -0.3 is 9.80 Å². The van der Waals surface area contributed by atoms with Gasteiger partial charge in [-0.05, 0) is 25.7 Å². The van der Waals surface area contributed by atoms with Crippen LogP contribution < -0.4 is 0 Å². The summed E-state index contributed by atoms with van der Waals surface area (Å²) < 4.78 is 0. The lowest BCUT2D eigenvalue weighted by Crippen LogP contribution is -2.39. The molecule has 0 fully saturated rings. The second-order valence-corrected chi connectivity index (χ2v) is 15.7. The van der Waals surface area contributed by atoms with Gasteiger partial charge in [-0.2, -0.15) is 0 Å². The molecule has 47 heavy (non-hydrogen) atoms. The Labute approximate surface area is 299 Å². The van der Waals surface area contributed by atoms with Crippen molar-refractivity contribution in [3.05, 3.63) is 12.4 Å². The van der Waals surface area contributed by atoms with E-state index in [0.29, 0.717) is 6.17 Å². The Morgan fingerprint density at radius 2 is 0.489 bits per heavy atom. The number of unbranched alkanes of at least 4 members (excludes halogenated alkanes) is 33. The Hall–Kier alpha value is -0.660. The van der Waals surface area contributed by atoms with E-state index in [1.54, 1.807) is 0 Å². The molecular weight excluding hydrogens is 569 g/mol. The highest BCUT2D eigenvalue weighted by molar-refractivity contribution is 4.97. The third-order valence-corrected chi connectivity index (χ3v) is 11.1. The fourth-order valence-electron chi connectivity index (χ4n) is 7.78. The molecule has 2 heteroatoms. The summed E-state index contributed by atoms with van der Waals surface area (Å²) in [6.07, 6.45) is 58.9. The summed E-state index contributed by atoms with van der Waals surface area (Å²) in [5.41, 5.74) is 0. The lowest BCUT2D eigenvalue weighted by atomic mass is 10.0. The van der Waals surface area contributed by atoms with Crippen LogP contribution in [0.2, 0.25) is 0 Å². The van der Waals surface area contributed by atoms with Gasteiger partial charge in [-0.1, -0.05) is 233 Å². The van der Waals surface area contributed by atoms with E-state index in [0.717, 1.165) is 0 Å². The largest absolute Gasteiger partial charge is 0.356 e. The van der Waals surface area contributed by atoms with Gasteiger partial charge in [0.1, 0.15) is 6.17 Å². The molecule has 0 amide bonds. The van der Waals surface area contributed by atoms with Gasteiger partial charge in [0.15, 0.2) is 0 Å². The van der Waals surface area contributed by atoms with Gasteiger partial charge in [-0.25, -0.2) is 0 Å². The maximum atomic E-state index is 2.72. The summed E-state index contributed by atoms with van der Waals surface area (Å²) in [6.45, 7) is 9.49. The predicted octanol–water partition coefficient (Wildman–Crippen LogP) is 15.9. The number of nitrogens with zero attached hydrogens (tertiary/aromatic N) is 2. The highest BCUT2D eigenvalue weighted by Crippen LogP contribution is 2.24. The van der Waals surface area contributed by atoms with Crippen LogP contribution in [0.3, 0.4) is 0 Å². The number of hydrogen-bond donors (Lipinski definition) is 0. The van der Waals surface area contributed by atoms with E-state index in [4.69, 9.17) is 0 Å². The van der Waals surface area contributed by atoms with E-state index in [-0.39, 0.29) is 0 Å². The molecule has 1 atom stereocenters. The minimum absolute atomic E-state index is 0.639. The van der Waals surface area contributed by atoms with Crippen LogP contribution in [-0.4, -0.2) is 29.1 Å². The molecule has 1 unspecified atom stereocenters. The molecule has 0 aromatic heterocycles. The maximum Gasteiger partial charge on any atom is 0.101 e. The fraction of sp³-hybridized carbons (Fsp3) is 0.956. The molecule has 0 saturated carbocycles. The Kier molecular flexibility index (Phi) is 34.6. The lowest BCUT2D eigenvalue weighted by Gasteiger charge is -2.33. The maximum absolute atomic E-state index is 2.72. The van der Waals surface area contributed by atoms with Crippen molar-refractivity contribution in [2.45, 2.75) is 265 Å². The van der Waals surface area contributed by atoms with Gasteiger partial charge in [0.2, 0.25) is 0 Å². The van der Waals surface area contributed by atoms with Gasteiger partial charge >= 0.3 is 0 Å². The molecule has 0 aromatic rings. The van der Waals surface area contributed by atoms with Crippen molar-refractivity contribution in [1.82, 2.24) is 9.80 Å². The number of hydrogen-bond acceptors (Lipinski definition) is 2. The minimum Gasteiger partial charge on any atom is -0.356 e. The summed E-state index contributed by atoms with van der Waals surface area (Å²) in [7, 11) is 0. The molecular formula is C45H90N2. The summed E-state index contributed by atoms with van der Waals surface area (Å²) >= 11 is 0. The van der Waals surface area contributed by atoms with E-state index in [1.165, 1.54) is 251 Å². The summed E-state index contributed by atoms with van der Waals surface area (Å²) in [4.78, 5) is 5.43. The normalized spacial score (nSPS) is 14.7. The molecule has 2 nitrogen and oxygen atoms in total. The van der Waals surface area contributed by atoms with Crippen LogP contribution >= 0.6 is 0 Å². The first-order chi connectivity index (χ1) is 23.3. The molecule has 1 aliphatic rings. The van der Waals surface area contributed by atoms with Gasteiger partial charge in [0.25, 0.3) is 0 Å². The quantitative estimate of drug-likeness (QED) is 0.0606. The van der Waals surface area contributed by atoms with E-state index in [2.05, 4.69) is 43.0 Å². The molecule has 1 rings (SSSR count). The Morgan fingerprint density at radius 1 is 0.277 bits per heavy atom. The smallest absolute Gasteiger partial charge is 0.101 e. The average Bonchev–Trinajstić information content (AvgIpc) is 3.47. The van der Waals surface area contributed by atoms with Crippen LogP contribution in [0.4, 0.5) is 0 Å². The van der Waals surface area contributed by atoms with Crippen LogP contribution in [0.5, 0.6) is 0 Å². The molecule has 0 spiro atoms. The number of rotatable bonds is 39. The predicted molar refractivity (Wildman–Crippen MR) is 214 cm³/mol. The van der Waals surface area contributed by atoms with Gasteiger partial charge in [-0.15, -0.1) is 0 Å². The van der Waals surface area contributed by atoms with Crippen LogP contribution in [0.1, 0.15) is 258 Å². The molecule has 0 bridgehead atoms. The van der Waals surface area contributed by atoms with Crippen LogP contribution in [0.25, 0.3) is 0 Å². The summed E-state index contributed by atoms with van der Waals surface area (Å²) in [5.74, 6) is 0. The zero-order valence-corrected chi connectivity index (χ0v) is 33.2. The molecule has 0 aromatic carbocycles. The summed E-state index contributed by atoms with van der Waals surface area (Å²) in [5, 5.41) is 0. The van der Waals surface area contributed by atoms with Crippen molar-refractivity contribution < 1.29 is 0 Å². The second kappa shape index (κ2) is 36.6. The zero-order valence-electron chi connectivity index (χ0n) is 33.2. The summed E-state index contributed by atoms with van der Waals surface area (Å²) in [6, 6.07) is 0. The van der Waals surface area contributed by atoms with Crippen molar-refractivity contribution in [2.24, 2.45) is 0 Å². The second-order valence-electron chi connectivity index (χ2n) is 15.7. The Bertz CT molecular complexity index is 615. The van der Waals surface area contributed by atoms with Gasteiger partial charge in [-0.3, -0.25) is 0 Å². The molecule has 1 aliphatic heterocycles. The highest BCUT2D eigenvalue weighted by atomic mass is 15.4. The molecule has 280 valence electrons. The topological polar surface area (TPSA) is 6.48 Å². The fourth-order valence-corrected chi connectivity index (χ4v) is 7.78. The Balaban J connectivity index is 2.07. The van der Waals surface area contributed by atoms with Crippen LogP contribution in [-0.2, 0) is 0 Å². The van der Waals surface area contributed by atoms with E-state index >= 15 is 0 Å². The Morgan fingerprint density at radius 3 is 0.745 bits per heavy atom. The highest BCUT2D eigenvalue weighted by Gasteiger charge is 2.24. The van der Waals surface area contributed by atoms with Gasteiger partial charge in [0, 0.05) is 25.5 Å². The zero-order chi connectivity index (χ0) is 33.7. The third-order valence-electron chi connectivity index (χ3n) is 11.1. The standard InChI is InChI=1S/C45H90N2/c1-4-7-10-13-15-17-19-21-23-24-25-27-29-31-33-36-39-42-47-44-43-46(45(47)40-37-34-12-9-6-3)41-38-35-32-30-28-26-22-20-18-16-14-11-8-5-2/h43-45H,4-42H2,1-3H3. The third kappa shape index (κ3) is 28.8. The van der Waals surface area contributed by atoms with Crippen LogP contribution in [0, 0.1) is 0 Å². The van der Waals surface area contributed by atoms with Crippen molar-refractivity contribution in [3.63, 3.8) is 0 Å². The average molecular weight is 659 g/mol. The van der Waals surface area contributed by atoms with Crippen molar-refractivity contribution in [2.75, 3.05) is 13.1 Å².